The zero-order valence-corrected chi connectivity index (χ0v) is 10.5. The molecule has 1 aromatic rings. The van der Waals surface area contributed by atoms with E-state index < -0.39 is 44.8 Å². The number of aromatic nitrogens is 2. The molecule has 1 atom stereocenters. The van der Waals surface area contributed by atoms with Gasteiger partial charge in [-0.1, -0.05) is 0 Å². The van der Waals surface area contributed by atoms with Gasteiger partial charge in [-0.2, -0.15) is 4.72 Å². The average Bonchev–Trinajstić information content (AvgIpc) is 2.27. The predicted octanol–water partition coefficient (Wildman–Crippen LogP) is -2.56. The summed E-state index contributed by atoms with van der Waals surface area (Å²) in [5, 5.41) is 8.78. The first-order valence-corrected chi connectivity index (χ1v) is 6.32. The fourth-order valence-electron chi connectivity index (χ4n) is 1.17. The van der Waals surface area contributed by atoms with Crippen molar-refractivity contribution < 1.29 is 23.1 Å². The van der Waals surface area contributed by atoms with Crippen LogP contribution in [0.15, 0.2) is 20.7 Å². The molecule has 0 fully saturated rings. The topological polar surface area (TPSA) is 158 Å². The molecule has 10 nitrogen and oxygen atoms in total. The van der Waals surface area contributed by atoms with Gasteiger partial charge in [0.1, 0.15) is 6.04 Å². The maximum absolute atomic E-state index is 11.8. The lowest BCUT2D eigenvalue weighted by Gasteiger charge is -2.13. The lowest BCUT2D eigenvalue weighted by Crippen LogP contribution is -2.45. The maximum Gasteiger partial charge on any atom is 0.325 e. The quantitative estimate of drug-likeness (QED) is 0.449. The van der Waals surface area contributed by atoms with E-state index in [2.05, 4.69) is 4.74 Å². The molecular weight excluding hydrogens is 282 g/mol. The summed E-state index contributed by atoms with van der Waals surface area (Å²) in [6.45, 7) is -0.421. The minimum absolute atomic E-state index is 0.421. The van der Waals surface area contributed by atoms with Crippen molar-refractivity contribution in [1.29, 1.82) is 0 Å². The maximum atomic E-state index is 11.8. The summed E-state index contributed by atoms with van der Waals surface area (Å²) >= 11 is 0. The molecule has 0 aliphatic heterocycles. The Balaban J connectivity index is 3.13. The predicted molar refractivity (Wildman–Crippen MR) is 61.3 cm³/mol. The standard InChI is InChI=1S/C8H11N3O7S/c1-18-3-4(7(13)14)11-19(16,17)5-2-9-8(15)10-6(5)12/h2,4,11H,3H2,1H3,(H,13,14)(H2,9,10,12,15). The number of H-pyrrole nitrogens is 2. The van der Waals surface area contributed by atoms with E-state index in [0.717, 1.165) is 0 Å². The van der Waals surface area contributed by atoms with Crippen LogP contribution in [0, 0.1) is 0 Å². The zero-order chi connectivity index (χ0) is 14.6. The van der Waals surface area contributed by atoms with Crippen molar-refractivity contribution >= 4 is 16.0 Å². The van der Waals surface area contributed by atoms with Crippen LogP contribution in [0.2, 0.25) is 0 Å². The largest absolute Gasteiger partial charge is 0.480 e. The van der Waals surface area contributed by atoms with Gasteiger partial charge < -0.3 is 14.8 Å². The SMILES string of the molecule is COCC(NS(=O)(=O)c1c[nH]c(=O)[nH]c1=O)C(=O)O. The summed E-state index contributed by atoms with van der Waals surface area (Å²) in [6.07, 6.45) is 0.676. The lowest BCUT2D eigenvalue weighted by atomic mass is 10.3. The summed E-state index contributed by atoms with van der Waals surface area (Å²) in [7, 11) is -3.21. The van der Waals surface area contributed by atoms with Gasteiger partial charge >= 0.3 is 11.7 Å². The van der Waals surface area contributed by atoms with Gasteiger partial charge in [0.15, 0.2) is 4.90 Å². The number of aromatic amines is 2. The fourth-order valence-corrected chi connectivity index (χ4v) is 2.35. The number of hydrogen-bond donors (Lipinski definition) is 4. The molecule has 0 aliphatic carbocycles. The van der Waals surface area contributed by atoms with E-state index in [-0.39, 0.29) is 0 Å². The number of carboxylic acids is 1. The first-order valence-electron chi connectivity index (χ1n) is 4.84. The summed E-state index contributed by atoms with van der Waals surface area (Å²) in [5.74, 6) is -1.47. The molecule has 19 heavy (non-hydrogen) atoms. The molecule has 4 N–H and O–H groups in total. The molecule has 0 amide bonds. The van der Waals surface area contributed by atoms with Crippen molar-refractivity contribution in [1.82, 2.24) is 14.7 Å². The molecule has 1 aromatic heterocycles. The van der Waals surface area contributed by atoms with Crippen LogP contribution in [0.3, 0.4) is 0 Å². The third-order valence-corrected chi connectivity index (χ3v) is 3.48. The van der Waals surface area contributed by atoms with Crippen LogP contribution in [0.5, 0.6) is 0 Å². The highest BCUT2D eigenvalue weighted by molar-refractivity contribution is 7.89. The molecule has 11 heteroatoms. The third-order valence-electron chi connectivity index (χ3n) is 2.00. The van der Waals surface area contributed by atoms with Gasteiger partial charge in [-0.25, -0.2) is 13.2 Å². The van der Waals surface area contributed by atoms with Crippen molar-refractivity contribution in [3.63, 3.8) is 0 Å². The van der Waals surface area contributed by atoms with Gasteiger partial charge in [0.05, 0.1) is 6.61 Å². The van der Waals surface area contributed by atoms with Crippen LogP contribution in [0.4, 0.5) is 0 Å². The van der Waals surface area contributed by atoms with Crippen molar-refractivity contribution in [2.24, 2.45) is 0 Å². The number of methoxy groups -OCH3 is 1. The Bertz CT molecular complexity index is 674. The smallest absolute Gasteiger partial charge is 0.325 e. The van der Waals surface area contributed by atoms with E-state index >= 15 is 0 Å². The summed E-state index contributed by atoms with van der Waals surface area (Å²) in [5.41, 5.74) is -2.03. The monoisotopic (exact) mass is 293 g/mol. The molecule has 1 rings (SSSR count). The van der Waals surface area contributed by atoms with Crippen molar-refractivity contribution in [3.8, 4) is 0 Å². The minimum Gasteiger partial charge on any atom is -0.480 e. The third kappa shape index (κ3) is 3.74. The highest BCUT2D eigenvalue weighted by Crippen LogP contribution is 2.00. The van der Waals surface area contributed by atoms with E-state index in [0.29, 0.717) is 6.20 Å². The number of rotatable bonds is 6. The number of aliphatic carboxylic acids is 1. The second kappa shape index (κ2) is 5.77. The molecule has 0 aromatic carbocycles. The lowest BCUT2D eigenvalue weighted by molar-refractivity contribution is -0.140. The number of carboxylic acid groups (broad SMARTS) is 1. The second-order valence-corrected chi connectivity index (χ2v) is 5.09. The van der Waals surface area contributed by atoms with Gasteiger partial charge in [0, 0.05) is 13.3 Å². The van der Waals surface area contributed by atoms with Crippen LogP contribution >= 0.6 is 0 Å². The first-order chi connectivity index (χ1) is 8.77. The van der Waals surface area contributed by atoms with Crippen LogP contribution in [-0.2, 0) is 19.6 Å². The van der Waals surface area contributed by atoms with Crippen molar-refractivity contribution in [2.75, 3.05) is 13.7 Å². The molecule has 1 unspecified atom stereocenters. The number of ether oxygens (including phenoxy) is 1. The van der Waals surface area contributed by atoms with Gasteiger partial charge in [-0.15, -0.1) is 0 Å². The van der Waals surface area contributed by atoms with Gasteiger partial charge in [-0.3, -0.25) is 14.6 Å². The minimum atomic E-state index is -4.40. The average molecular weight is 293 g/mol. The zero-order valence-electron chi connectivity index (χ0n) is 9.67. The van der Waals surface area contributed by atoms with Crippen LogP contribution in [0.1, 0.15) is 0 Å². The number of sulfonamides is 1. The Morgan fingerprint density at radius 2 is 2.16 bits per heavy atom. The van der Waals surface area contributed by atoms with E-state index in [1.54, 1.807) is 9.71 Å². The summed E-state index contributed by atoms with van der Waals surface area (Å²) < 4.78 is 29.9. The first kappa shape index (κ1) is 15.1. The van der Waals surface area contributed by atoms with Gasteiger partial charge in [-0.05, 0) is 0 Å². The van der Waals surface area contributed by atoms with Crippen LogP contribution in [0.25, 0.3) is 0 Å². The van der Waals surface area contributed by atoms with E-state index in [1.165, 1.54) is 7.11 Å². The Morgan fingerprint density at radius 3 is 2.63 bits per heavy atom. The fraction of sp³-hybridized carbons (Fsp3) is 0.375. The molecule has 1 heterocycles. The number of carbonyl (C=O) groups is 1. The molecule has 0 bridgehead atoms. The van der Waals surface area contributed by atoms with Crippen molar-refractivity contribution in [3.05, 3.63) is 27.0 Å². The molecule has 0 saturated heterocycles. The Labute approximate surface area is 106 Å². The number of hydrogen-bond acceptors (Lipinski definition) is 6. The molecule has 0 radical (unpaired) electrons. The van der Waals surface area contributed by atoms with E-state index in [4.69, 9.17) is 5.11 Å². The Morgan fingerprint density at radius 1 is 1.53 bits per heavy atom. The Kier molecular flexibility index (Phi) is 4.58. The van der Waals surface area contributed by atoms with Crippen molar-refractivity contribution in [2.45, 2.75) is 10.9 Å². The van der Waals surface area contributed by atoms with E-state index in [9.17, 15) is 22.8 Å². The van der Waals surface area contributed by atoms with Crippen LogP contribution < -0.4 is 16.0 Å². The summed E-state index contributed by atoms with van der Waals surface area (Å²) in [4.78, 5) is 35.8. The highest BCUT2D eigenvalue weighted by Gasteiger charge is 2.27. The summed E-state index contributed by atoms with van der Waals surface area (Å²) in [6, 6.07) is -1.55. The van der Waals surface area contributed by atoms with Gasteiger partial charge in [0.25, 0.3) is 5.56 Å². The molecule has 106 valence electrons. The van der Waals surface area contributed by atoms with Gasteiger partial charge in [0.2, 0.25) is 10.0 Å². The number of nitrogens with one attached hydrogen (secondary N) is 3. The molecule has 0 aliphatic rings. The Hall–Kier alpha value is -1.98. The normalized spacial score (nSPS) is 13.1. The second-order valence-electron chi connectivity index (χ2n) is 3.40. The highest BCUT2D eigenvalue weighted by atomic mass is 32.2. The molecular formula is C8H11N3O7S. The molecule has 0 spiro atoms. The molecule has 0 saturated carbocycles. The van der Waals surface area contributed by atoms with Crippen LogP contribution in [-0.4, -0.2) is 49.2 Å². The van der Waals surface area contributed by atoms with E-state index in [1.807, 2.05) is 4.98 Å².